The van der Waals surface area contributed by atoms with Crippen molar-refractivity contribution in [3.8, 4) is 5.75 Å². The SMILES string of the molecule is COc1cccnc1C(=O)c1csc2ccccc12. The first-order valence-electron chi connectivity index (χ1n) is 5.81. The lowest BCUT2D eigenvalue weighted by Crippen LogP contribution is -2.05. The minimum absolute atomic E-state index is 0.102. The molecule has 3 aromatic rings. The zero-order chi connectivity index (χ0) is 13.2. The van der Waals surface area contributed by atoms with Gasteiger partial charge in [-0.15, -0.1) is 11.3 Å². The number of aromatic nitrogens is 1. The molecule has 0 spiro atoms. The molecular weight excluding hydrogens is 258 g/mol. The van der Waals surface area contributed by atoms with Gasteiger partial charge in [0, 0.05) is 27.2 Å². The van der Waals surface area contributed by atoms with Crippen molar-refractivity contribution in [2.45, 2.75) is 0 Å². The van der Waals surface area contributed by atoms with E-state index in [4.69, 9.17) is 4.74 Å². The van der Waals surface area contributed by atoms with Crippen molar-refractivity contribution < 1.29 is 9.53 Å². The van der Waals surface area contributed by atoms with Crippen LogP contribution < -0.4 is 4.74 Å². The lowest BCUT2D eigenvalue weighted by atomic mass is 10.1. The Hall–Kier alpha value is -2.20. The maximum atomic E-state index is 12.6. The second-order valence-electron chi connectivity index (χ2n) is 4.03. The Balaban J connectivity index is 2.14. The van der Waals surface area contributed by atoms with Gasteiger partial charge in [0.1, 0.15) is 5.75 Å². The molecule has 0 bridgehead atoms. The molecule has 0 aliphatic heterocycles. The summed E-state index contributed by atoms with van der Waals surface area (Å²) < 4.78 is 6.29. The molecule has 0 amide bonds. The van der Waals surface area contributed by atoms with Gasteiger partial charge in [0.2, 0.25) is 5.78 Å². The minimum Gasteiger partial charge on any atom is -0.494 e. The number of benzene rings is 1. The van der Waals surface area contributed by atoms with Crippen LogP contribution in [0.3, 0.4) is 0 Å². The van der Waals surface area contributed by atoms with Gasteiger partial charge in [0.15, 0.2) is 5.69 Å². The molecule has 0 saturated carbocycles. The minimum atomic E-state index is -0.102. The summed E-state index contributed by atoms with van der Waals surface area (Å²) in [7, 11) is 1.54. The standard InChI is InChI=1S/C15H11NO2S/c1-18-12-6-4-8-16-14(12)15(17)11-9-19-13-7-3-2-5-10(11)13/h2-9H,1H3. The molecule has 4 heteroatoms. The maximum Gasteiger partial charge on any atom is 0.216 e. The van der Waals surface area contributed by atoms with E-state index in [0.29, 0.717) is 17.0 Å². The third-order valence-corrected chi connectivity index (χ3v) is 3.89. The fraction of sp³-hybridized carbons (Fsp3) is 0.0667. The van der Waals surface area contributed by atoms with Crippen LogP contribution in [0.5, 0.6) is 5.75 Å². The molecule has 0 fully saturated rings. The van der Waals surface area contributed by atoms with Gasteiger partial charge in [-0.3, -0.25) is 4.79 Å². The summed E-state index contributed by atoms with van der Waals surface area (Å²) in [6.07, 6.45) is 1.60. The van der Waals surface area contributed by atoms with E-state index >= 15 is 0 Å². The third-order valence-electron chi connectivity index (χ3n) is 2.93. The van der Waals surface area contributed by atoms with E-state index in [1.165, 1.54) is 0 Å². The van der Waals surface area contributed by atoms with Gasteiger partial charge in [-0.05, 0) is 18.2 Å². The number of thiophene rings is 1. The van der Waals surface area contributed by atoms with Gasteiger partial charge < -0.3 is 4.74 Å². The van der Waals surface area contributed by atoms with Crippen LogP contribution in [0.25, 0.3) is 10.1 Å². The molecule has 0 radical (unpaired) electrons. The first-order valence-corrected chi connectivity index (χ1v) is 6.69. The summed E-state index contributed by atoms with van der Waals surface area (Å²) in [5.74, 6) is 0.401. The quantitative estimate of drug-likeness (QED) is 0.683. The van der Waals surface area contributed by atoms with Crippen molar-refractivity contribution in [1.29, 1.82) is 0 Å². The number of methoxy groups -OCH3 is 1. The van der Waals surface area contributed by atoms with E-state index < -0.39 is 0 Å². The van der Waals surface area contributed by atoms with E-state index in [0.717, 1.165) is 10.1 Å². The highest BCUT2D eigenvalue weighted by Crippen LogP contribution is 2.29. The third kappa shape index (κ3) is 2.00. The maximum absolute atomic E-state index is 12.6. The number of hydrogen-bond donors (Lipinski definition) is 0. The second kappa shape index (κ2) is 4.82. The fourth-order valence-electron chi connectivity index (χ4n) is 2.01. The molecule has 0 aliphatic rings. The van der Waals surface area contributed by atoms with Crippen LogP contribution in [-0.2, 0) is 0 Å². The molecular formula is C15H11NO2S. The molecule has 3 nitrogen and oxygen atoms in total. The van der Waals surface area contributed by atoms with Gasteiger partial charge in [-0.2, -0.15) is 0 Å². The Labute approximate surface area is 114 Å². The molecule has 2 aromatic heterocycles. The van der Waals surface area contributed by atoms with E-state index in [2.05, 4.69) is 4.98 Å². The first-order chi connectivity index (χ1) is 9.31. The van der Waals surface area contributed by atoms with Crippen LogP contribution in [0.1, 0.15) is 16.1 Å². The van der Waals surface area contributed by atoms with Crippen molar-refractivity contribution in [1.82, 2.24) is 4.98 Å². The average Bonchev–Trinajstić information content (AvgIpc) is 2.90. The number of rotatable bonds is 3. The topological polar surface area (TPSA) is 39.2 Å². The molecule has 0 N–H and O–H groups in total. The Morgan fingerprint density at radius 3 is 2.89 bits per heavy atom. The van der Waals surface area contributed by atoms with Crippen LogP contribution in [0.2, 0.25) is 0 Å². The molecule has 0 unspecified atom stereocenters. The van der Waals surface area contributed by atoms with E-state index in [-0.39, 0.29) is 5.78 Å². The zero-order valence-corrected chi connectivity index (χ0v) is 11.1. The Kier molecular flexibility index (Phi) is 3.01. The van der Waals surface area contributed by atoms with Gasteiger partial charge in [-0.1, -0.05) is 18.2 Å². The highest BCUT2D eigenvalue weighted by Gasteiger charge is 2.18. The summed E-state index contributed by atoms with van der Waals surface area (Å²) in [4.78, 5) is 16.7. The second-order valence-corrected chi connectivity index (χ2v) is 4.94. The summed E-state index contributed by atoms with van der Waals surface area (Å²) in [6, 6.07) is 11.4. The van der Waals surface area contributed by atoms with Crippen LogP contribution >= 0.6 is 11.3 Å². The van der Waals surface area contributed by atoms with Gasteiger partial charge >= 0.3 is 0 Å². The van der Waals surface area contributed by atoms with Crippen molar-refractivity contribution in [3.63, 3.8) is 0 Å². The number of carbonyl (C=O) groups is 1. The molecule has 0 aliphatic carbocycles. The Bertz CT molecular complexity index is 748. The summed E-state index contributed by atoms with van der Waals surface area (Å²) in [6.45, 7) is 0. The molecule has 2 heterocycles. The first kappa shape index (κ1) is 11.9. The zero-order valence-electron chi connectivity index (χ0n) is 10.3. The van der Waals surface area contributed by atoms with Crippen molar-refractivity contribution >= 4 is 27.2 Å². The Morgan fingerprint density at radius 2 is 2.05 bits per heavy atom. The lowest BCUT2D eigenvalue weighted by Gasteiger charge is -2.05. The number of fused-ring (bicyclic) bond motifs is 1. The smallest absolute Gasteiger partial charge is 0.216 e. The molecule has 0 atom stereocenters. The lowest BCUT2D eigenvalue weighted by molar-refractivity contribution is 0.103. The fourth-order valence-corrected chi connectivity index (χ4v) is 2.95. The molecule has 3 rings (SSSR count). The molecule has 94 valence electrons. The van der Waals surface area contributed by atoms with Crippen molar-refractivity contribution in [2.75, 3.05) is 7.11 Å². The predicted octanol–water partition coefficient (Wildman–Crippen LogP) is 3.54. The highest BCUT2D eigenvalue weighted by atomic mass is 32.1. The average molecular weight is 269 g/mol. The summed E-state index contributed by atoms with van der Waals surface area (Å²) >= 11 is 1.56. The van der Waals surface area contributed by atoms with Crippen molar-refractivity contribution in [3.05, 3.63) is 59.2 Å². The van der Waals surface area contributed by atoms with E-state index in [9.17, 15) is 4.79 Å². The molecule has 0 saturated heterocycles. The van der Waals surface area contributed by atoms with Gasteiger partial charge in [0.25, 0.3) is 0 Å². The van der Waals surface area contributed by atoms with Gasteiger partial charge in [0.05, 0.1) is 7.11 Å². The van der Waals surface area contributed by atoms with E-state index in [1.54, 1.807) is 36.8 Å². The van der Waals surface area contributed by atoms with Crippen LogP contribution in [0.15, 0.2) is 48.0 Å². The number of carbonyl (C=O) groups excluding carboxylic acids is 1. The Morgan fingerprint density at radius 1 is 1.21 bits per heavy atom. The predicted molar refractivity (Wildman–Crippen MR) is 76.0 cm³/mol. The van der Waals surface area contributed by atoms with Gasteiger partial charge in [-0.25, -0.2) is 4.98 Å². The summed E-state index contributed by atoms with van der Waals surface area (Å²) in [5, 5.41) is 2.84. The number of pyridine rings is 1. The van der Waals surface area contributed by atoms with Crippen LogP contribution in [0, 0.1) is 0 Å². The molecule has 1 aromatic carbocycles. The monoisotopic (exact) mass is 269 g/mol. The highest BCUT2D eigenvalue weighted by molar-refractivity contribution is 7.17. The number of ether oxygens (including phenoxy) is 1. The molecule has 19 heavy (non-hydrogen) atoms. The normalized spacial score (nSPS) is 10.6. The number of nitrogens with zero attached hydrogens (tertiary/aromatic N) is 1. The van der Waals surface area contributed by atoms with E-state index in [1.807, 2.05) is 29.6 Å². The summed E-state index contributed by atoms with van der Waals surface area (Å²) in [5.41, 5.74) is 1.03. The number of ketones is 1. The largest absolute Gasteiger partial charge is 0.494 e. The number of hydrogen-bond acceptors (Lipinski definition) is 4. The van der Waals surface area contributed by atoms with Crippen LogP contribution in [-0.4, -0.2) is 17.9 Å². The van der Waals surface area contributed by atoms with Crippen LogP contribution in [0.4, 0.5) is 0 Å². The van der Waals surface area contributed by atoms with Crippen molar-refractivity contribution in [2.24, 2.45) is 0 Å².